The molecule has 0 aliphatic carbocycles. The number of urea groups is 1. The van der Waals surface area contributed by atoms with Crippen LogP contribution in [0.25, 0.3) is 43.1 Å². The van der Waals surface area contributed by atoms with Gasteiger partial charge >= 0.3 is 6.03 Å². The predicted octanol–water partition coefficient (Wildman–Crippen LogP) is 6.93. The first-order valence-electron chi connectivity index (χ1n) is 26.8. The number of amides is 6. The highest BCUT2D eigenvalue weighted by Gasteiger charge is 2.26. The Kier molecular flexibility index (Phi) is 18.7. The molecule has 0 heterocycles. The largest absolute Gasteiger partial charge is 0.323 e. The molecule has 0 spiro atoms. The standard InChI is InChI=1S/C57H40N6O29S8/c64-53(60-49-23-41(97(81,82)83)19-27-15-37(93(69,70)71)1-5-45(27)49)31-9-32(54(65)61-50-24-42(98(84,85)86)20-28-16-38(94(72,73)74)2-6-46(28)50)12-35(11-31)58-57(68)59-36-13-33(55(66)62-51-25-43(99(87,88)89)21-29-17-39(95(75,76)77)3-7-47(29)51)10-34(14-36)56(67)63-52-26-44(100(90,91)92)22-30-18-40(96(78,79)80)4-8-48(30)52/h1-26H,(H,60,64)(H,61,65)(H,62,66)(H,63,67)(H2,58,59,68)(H,69,70,71)(H,72,73,74)(H,75,76,77)(H,78,79,80)(H,81,82,83)(H,84,85,86)(H,87,88,89)(H,90,91,92). The van der Waals surface area contributed by atoms with E-state index in [1.807, 2.05) is 0 Å². The molecule has 520 valence electrons. The van der Waals surface area contributed by atoms with Crippen LogP contribution in [0.1, 0.15) is 41.4 Å². The summed E-state index contributed by atoms with van der Waals surface area (Å²) in [6, 6.07) is 19.9. The van der Waals surface area contributed by atoms with E-state index in [2.05, 4.69) is 31.9 Å². The normalized spacial score (nSPS) is 12.6. The second-order valence-electron chi connectivity index (χ2n) is 21.2. The molecule has 43 heteroatoms. The summed E-state index contributed by atoms with van der Waals surface area (Å²) in [4.78, 5) is 65.4. The second kappa shape index (κ2) is 25.8. The molecule has 0 radical (unpaired) electrons. The number of hydrogen-bond acceptors (Lipinski definition) is 21. The lowest BCUT2D eigenvalue weighted by Gasteiger charge is -2.16. The van der Waals surface area contributed by atoms with Gasteiger partial charge in [0.25, 0.3) is 105 Å². The van der Waals surface area contributed by atoms with E-state index < -0.39 is 206 Å². The van der Waals surface area contributed by atoms with Crippen molar-refractivity contribution >= 4 is 188 Å². The zero-order chi connectivity index (χ0) is 73.5. The first-order valence-corrected chi connectivity index (χ1v) is 38.3. The van der Waals surface area contributed by atoms with Gasteiger partial charge in [0.1, 0.15) is 0 Å². The van der Waals surface area contributed by atoms with Crippen molar-refractivity contribution in [2.75, 3.05) is 31.9 Å². The molecule has 0 aliphatic rings. The van der Waals surface area contributed by atoms with Crippen molar-refractivity contribution in [3.8, 4) is 0 Å². The summed E-state index contributed by atoms with van der Waals surface area (Å²) in [7, 11) is -40.7. The fourth-order valence-corrected chi connectivity index (χ4v) is 14.2. The summed E-state index contributed by atoms with van der Waals surface area (Å²) in [5.74, 6) is -5.28. The Hall–Kier alpha value is -10.3. The minimum absolute atomic E-state index is 0.157. The van der Waals surface area contributed by atoms with E-state index in [0.717, 1.165) is 133 Å². The molecule has 0 atom stereocenters. The van der Waals surface area contributed by atoms with E-state index >= 15 is 0 Å². The van der Waals surface area contributed by atoms with Crippen LogP contribution in [0.3, 0.4) is 0 Å². The monoisotopic (exact) mass is 1530 g/mol. The second-order valence-corrected chi connectivity index (χ2v) is 32.6. The lowest BCUT2D eigenvalue weighted by atomic mass is 10.0. The molecule has 0 aliphatic heterocycles. The molecule has 35 nitrogen and oxygen atoms in total. The van der Waals surface area contributed by atoms with Gasteiger partial charge in [0.2, 0.25) is 0 Å². The smallest absolute Gasteiger partial charge is 0.321 e. The minimum atomic E-state index is -5.20. The highest BCUT2D eigenvalue weighted by molar-refractivity contribution is 7.87. The number of nitrogens with one attached hydrogen (secondary N) is 6. The van der Waals surface area contributed by atoms with Crippen molar-refractivity contribution < 1.29 is 128 Å². The van der Waals surface area contributed by atoms with Gasteiger partial charge in [0, 0.05) is 55.2 Å². The summed E-state index contributed by atoms with van der Waals surface area (Å²) >= 11 is 0. The maximum atomic E-state index is 14.5. The zero-order valence-electron chi connectivity index (χ0n) is 48.9. The van der Waals surface area contributed by atoms with Gasteiger partial charge in [-0.2, -0.15) is 67.3 Å². The molecule has 0 saturated carbocycles. The van der Waals surface area contributed by atoms with E-state index in [9.17, 15) is 128 Å². The predicted molar refractivity (Wildman–Crippen MR) is 352 cm³/mol. The number of fused-ring (bicyclic) bond motifs is 4. The molecule has 10 aromatic rings. The molecule has 0 aromatic heterocycles. The van der Waals surface area contributed by atoms with Gasteiger partial charge in [0.15, 0.2) is 0 Å². The van der Waals surface area contributed by atoms with Gasteiger partial charge in [-0.15, -0.1) is 0 Å². The van der Waals surface area contributed by atoms with Crippen molar-refractivity contribution in [1.82, 2.24) is 0 Å². The molecular weight excluding hydrogens is 1490 g/mol. The van der Waals surface area contributed by atoms with Gasteiger partial charge < -0.3 is 31.9 Å². The molecule has 14 N–H and O–H groups in total. The van der Waals surface area contributed by atoms with E-state index in [1.165, 1.54) is 0 Å². The van der Waals surface area contributed by atoms with Crippen molar-refractivity contribution in [3.63, 3.8) is 0 Å². The zero-order valence-corrected chi connectivity index (χ0v) is 55.5. The third-order valence-electron chi connectivity index (χ3n) is 14.4. The maximum absolute atomic E-state index is 14.5. The topological polar surface area (TPSA) is 592 Å². The molecule has 100 heavy (non-hydrogen) atoms. The van der Waals surface area contributed by atoms with Crippen LogP contribution >= 0.6 is 0 Å². The molecule has 0 fully saturated rings. The molecule has 0 unspecified atom stereocenters. The van der Waals surface area contributed by atoms with Crippen molar-refractivity contribution in [1.29, 1.82) is 0 Å². The number of anilines is 6. The highest BCUT2D eigenvalue weighted by Crippen LogP contribution is 2.36. The summed E-state index contributed by atoms with van der Waals surface area (Å²) in [5.41, 5.74) is -5.87. The van der Waals surface area contributed by atoms with Crippen LogP contribution in [0, 0.1) is 0 Å². The van der Waals surface area contributed by atoms with Crippen LogP contribution < -0.4 is 31.9 Å². The van der Waals surface area contributed by atoms with Crippen LogP contribution in [-0.2, 0) is 80.9 Å². The SMILES string of the molecule is O=C(Nc1cc(C(=O)Nc2cc(S(=O)(=O)O)cc3cc(S(=O)(=O)O)ccc23)cc(C(=O)Nc2cc(S(=O)(=O)O)cc3cc(S(=O)(=O)O)ccc23)c1)Nc1cc(C(=O)Nc2cc(S(=O)(=O)O)cc3cc(S(=O)(=O)O)ccc23)cc(C(=O)Nc2cc(S(=O)(=O)O)cc3cc(S(=O)(=O)O)ccc23)c1. The fraction of sp³-hybridized carbons (Fsp3) is 0. The Balaban J connectivity index is 1.08. The Morgan fingerprint density at radius 1 is 0.220 bits per heavy atom. The number of carbonyl (C=O) groups excluding carboxylic acids is 5. The van der Waals surface area contributed by atoms with Gasteiger partial charge in [-0.05, 0) is 155 Å². The molecular formula is C57H40N6O29S8. The Labute approximate surface area is 562 Å². The minimum Gasteiger partial charge on any atom is -0.321 e. The summed E-state index contributed by atoms with van der Waals surface area (Å²) in [6.07, 6.45) is 0. The molecule has 6 amide bonds. The maximum Gasteiger partial charge on any atom is 0.323 e. The van der Waals surface area contributed by atoms with E-state index in [4.69, 9.17) is 0 Å². The van der Waals surface area contributed by atoms with Crippen LogP contribution in [-0.4, -0.2) is 133 Å². The van der Waals surface area contributed by atoms with Crippen LogP contribution in [0.5, 0.6) is 0 Å². The van der Waals surface area contributed by atoms with Crippen molar-refractivity contribution in [2.45, 2.75) is 39.2 Å². The average molecular weight is 1530 g/mol. The van der Waals surface area contributed by atoms with Crippen LogP contribution in [0.15, 0.2) is 197 Å². The number of rotatable bonds is 18. The quantitative estimate of drug-likeness (QED) is 0.0387. The summed E-state index contributed by atoms with van der Waals surface area (Å²) in [6.45, 7) is 0. The van der Waals surface area contributed by atoms with Gasteiger partial charge in [0.05, 0.1) is 61.9 Å². The van der Waals surface area contributed by atoms with E-state index in [-0.39, 0.29) is 43.1 Å². The molecule has 0 saturated heterocycles. The van der Waals surface area contributed by atoms with Crippen LogP contribution in [0.4, 0.5) is 38.9 Å². The van der Waals surface area contributed by atoms with Crippen LogP contribution in [0.2, 0.25) is 0 Å². The lowest BCUT2D eigenvalue weighted by Crippen LogP contribution is -2.23. The lowest BCUT2D eigenvalue weighted by molar-refractivity contribution is 0.101. The molecule has 0 bridgehead atoms. The Bertz CT molecular complexity index is 5570. The highest BCUT2D eigenvalue weighted by atomic mass is 32.2. The first-order chi connectivity index (χ1) is 46.1. The fourth-order valence-electron chi connectivity index (χ4n) is 9.93. The van der Waals surface area contributed by atoms with Crippen molar-refractivity contribution in [3.05, 3.63) is 180 Å². The Morgan fingerprint density at radius 3 is 0.580 bits per heavy atom. The molecule has 10 aromatic carbocycles. The van der Waals surface area contributed by atoms with Crippen molar-refractivity contribution in [2.24, 2.45) is 0 Å². The summed E-state index contributed by atoms with van der Waals surface area (Å²) in [5, 5.41) is 11.9. The average Bonchev–Trinajstić information content (AvgIpc) is 0.789. The van der Waals surface area contributed by atoms with Gasteiger partial charge in [-0.1, -0.05) is 24.3 Å². The molecule has 10 rings (SSSR count). The number of hydrogen-bond donors (Lipinski definition) is 14. The van der Waals surface area contributed by atoms with Gasteiger partial charge in [-0.25, -0.2) is 4.79 Å². The third-order valence-corrected chi connectivity index (χ3v) is 21.1. The first kappa shape index (κ1) is 72.4. The number of benzene rings is 10. The van der Waals surface area contributed by atoms with E-state index in [1.54, 1.807) is 0 Å². The number of carbonyl (C=O) groups is 5. The van der Waals surface area contributed by atoms with Gasteiger partial charge in [-0.3, -0.25) is 55.6 Å². The summed E-state index contributed by atoms with van der Waals surface area (Å²) < 4.78 is 276. The van der Waals surface area contributed by atoms with E-state index in [0.29, 0.717) is 24.3 Å². The Morgan fingerprint density at radius 2 is 0.400 bits per heavy atom. The third kappa shape index (κ3) is 16.2.